The van der Waals surface area contributed by atoms with Crippen molar-refractivity contribution in [3.05, 3.63) is 46.8 Å². The second-order valence-electron chi connectivity index (χ2n) is 6.78. The minimum absolute atomic E-state index is 0.103. The number of benzene rings is 1. The molecular weight excluding hydrogens is 346 g/mol. The van der Waals surface area contributed by atoms with Crippen LogP contribution in [0.3, 0.4) is 0 Å². The van der Waals surface area contributed by atoms with E-state index < -0.39 is 0 Å². The molecule has 4 rings (SSSR count). The third-order valence-corrected chi connectivity index (χ3v) is 4.95. The zero-order chi connectivity index (χ0) is 18.6. The molecule has 2 aliphatic heterocycles. The number of aromatic nitrogens is 2. The van der Waals surface area contributed by atoms with Crippen LogP contribution in [-0.4, -0.2) is 59.8 Å². The summed E-state index contributed by atoms with van der Waals surface area (Å²) in [5.74, 6) is -0.126. The Bertz CT molecular complexity index is 824. The molecule has 1 aromatic heterocycles. The first-order chi connectivity index (χ1) is 13.2. The van der Waals surface area contributed by atoms with Crippen LogP contribution in [-0.2, 0) is 28.9 Å². The lowest BCUT2D eigenvalue weighted by atomic mass is 10.1. The SMILES string of the molecule is O=C(Nc1ccc(CC(=O)N2CCOCC2)cc1)c1n[nH]c2c1CNCC2. The Hall–Kier alpha value is -2.71. The van der Waals surface area contributed by atoms with Crippen molar-refractivity contribution in [3.63, 3.8) is 0 Å². The number of carbonyl (C=O) groups excluding carboxylic acids is 2. The Morgan fingerprint density at radius 2 is 1.96 bits per heavy atom. The first-order valence-electron chi connectivity index (χ1n) is 9.23. The Morgan fingerprint density at radius 3 is 2.74 bits per heavy atom. The predicted molar refractivity (Wildman–Crippen MR) is 99.5 cm³/mol. The Morgan fingerprint density at radius 1 is 1.19 bits per heavy atom. The molecule has 8 nitrogen and oxygen atoms in total. The van der Waals surface area contributed by atoms with Crippen molar-refractivity contribution in [3.8, 4) is 0 Å². The lowest BCUT2D eigenvalue weighted by Gasteiger charge is -2.26. The molecule has 1 fully saturated rings. The van der Waals surface area contributed by atoms with E-state index in [0.29, 0.717) is 50.7 Å². The van der Waals surface area contributed by atoms with Crippen molar-refractivity contribution >= 4 is 17.5 Å². The van der Waals surface area contributed by atoms with Gasteiger partial charge in [0.05, 0.1) is 19.6 Å². The van der Waals surface area contributed by atoms with Crippen LogP contribution < -0.4 is 10.6 Å². The van der Waals surface area contributed by atoms with E-state index in [2.05, 4.69) is 20.8 Å². The third-order valence-electron chi connectivity index (χ3n) is 4.95. The first-order valence-corrected chi connectivity index (χ1v) is 9.23. The van der Waals surface area contributed by atoms with Crippen LogP contribution >= 0.6 is 0 Å². The summed E-state index contributed by atoms with van der Waals surface area (Å²) in [5.41, 5.74) is 4.00. The van der Waals surface area contributed by atoms with Crippen LogP contribution in [0.5, 0.6) is 0 Å². The molecule has 1 aromatic carbocycles. The van der Waals surface area contributed by atoms with Crippen LogP contribution in [0.25, 0.3) is 0 Å². The summed E-state index contributed by atoms with van der Waals surface area (Å²) in [6, 6.07) is 7.37. The summed E-state index contributed by atoms with van der Waals surface area (Å²) < 4.78 is 5.27. The maximum absolute atomic E-state index is 12.5. The number of rotatable bonds is 4. The van der Waals surface area contributed by atoms with Crippen LogP contribution in [0.1, 0.15) is 27.3 Å². The van der Waals surface area contributed by atoms with E-state index >= 15 is 0 Å². The fourth-order valence-electron chi connectivity index (χ4n) is 3.41. The van der Waals surface area contributed by atoms with Crippen LogP contribution in [0.4, 0.5) is 5.69 Å². The monoisotopic (exact) mass is 369 g/mol. The number of H-pyrrole nitrogens is 1. The van der Waals surface area contributed by atoms with Gasteiger partial charge in [-0.3, -0.25) is 14.7 Å². The van der Waals surface area contributed by atoms with E-state index in [1.54, 1.807) is 0 Å². The molecule has 0 aliphatic carbocycles. The van der Waals surface area contributed by atoms with Crippen molar-refractivity contribution < 1.29 is 14.3 Å². The van der Waals surface area contributed by atoms with Gasteiger partial charge in [0.2, 0.25) is 5.91 Å². The number of hydrogen-bond acceptors (Lipinski definition) is 5. The molecule has 3 N–H and O–H groups in total. The Labute approximate surface area is 157 Å². The fraction of sp³-hybridized carbons (Fsp3) is 0.421. The largest absolute Gasteiger partial charge is 0.378 e. The van der Waals surface area contributed by atoms with E-state index in [1.807, 2.05) is 29.2 Å². The number of nitrogens with one attached hydrogen (secondary N) is 3. The van der Waals surface area contributed by atoms with Crippen molar-refractivity contribution in [2.45, 2.75) is 19.4 Å². The molecule has 8 heteroatoms. The maximum Gasteiger partial charge on any atom is 0.276 e. The molecule has 0 unspecified atom stereocenters. The van der Waals surface area contributed by atoms with Gasteiger partial charge in [-0.05, 0) is 17.7 Å². The number of hydrogen-bond donors (Lipinski definition) is 3. The molecule has 2 aliphatic rings. The summed E-state index contributed by atoms with van der Waals surface area (Å²) in [6.45, 7) is 4.04. The van der Waals surface area contributed by atoms with Gasteiger partial charge in [-0.15, -0.1) is 0 Å². The topological polar surface area (TPSA) is 99.3 Å². The van der Waals surface area contributed by atoms with Gasteiger partial charge in [-0.25, -0.2) is 0 Å². The zero-order valence-electron chi connectivity index (χ0n) is 15.1. The van der Waals surface area contributed by atoms with Gasteiger partial charge in [-0.1, -0.05) is 12.1 Å². The minimum atomic E-state index is -0.228. The van der Waals surface area contributed by atoms with Gasteiger partial charge in [0.15, 0.2) is 5.69 Å². The van der Waals surface area contributed by atoms with Crippen LogP contribution in [0, 0.1) is 0 Å². The quantitative estimate of drug-likeness (QED) is 0.737. The first kappa shape index (κ1) is 17.7. The molecule has 0 saturated carbocycles. The lowest BCUT2D eigenvalue weighted by Crippen LogP contribution is -2.41. The summed E-state index contributed by atoms with van der Waals surface area (Å²) in [7, 11) is 0. The highest BCUT2D eigenvalue weighted by atomic mass is 16.5. The predicted octanol–water partition coefficient (Wildman–Crippen LogP) is 0.709. The van der Waals surface area contributed by atoms with Crippen molar-refractivity contribution in [2.75, 3.05) is 38.2 Å². The molecule has 0 radical (unpaired) electrons. The van der Waals surface area contributed by atoms with Crippen molar-refractivity contribution in [2.24, 2.45) is 0 Å². The van der Waals surface area contributed by atoms with Gasteiger partial charge in [0.25, 0.3) is 5.91 Å². The van der Waals surface area contributed by atoms with E-state index in [4.69, 9.17) is 4.74 Å². The van der Waals surface area contributed by atoms with Crippen molar-refractivity contribution in [1.29, 1.82) is 0 Å². The second kappa shape index (κ2) is 7.89. The molecule has 0 atom stereocenters. The van der Waals surface area contributed by atoms with E-state index in [9.17, 15) is 9.59 Å². The molecule has 142 valence electrons. The number of nitrogens with zero attached hydrogens (tertiary/aromatic N) is 2. The number of aromatic amines is 1. The molecule has 1 saturated heterocycles. The number of morpholine rings is 1. The third kappa shape index (κ3) is 4.01. The van der Waals surface area contributed by atoms with Gasteiger partial charge >= 0.3 is 0 Å². The number of amides is 2. The molecule has 0 spiro atoms. The normalized spacial score (nSPS) is 16.7. The highest BCUT2D eigenvalue weighted by Gasteiger charge is 2.21. The standard InChI is InChI=1S/C19H23N5O3/c25-17(24-7-9-27-10-8-24)11-13-1-3-14(4-2-13)21-19(26)18-15-12-20-6-5-16(15)22-23-18/h1-4,20H,5-12H2,(H,21,26)(H,22,23). The zero-order valence-corrected chi connectivity index (χ0v) is 15.1. The maximum atomic E-state index is 12.5. The van der Waals surface area contributed by atoms with Gasteiger partial charge in [0, 0.05) is 49.5 Å². The fourth-order valence-corrected chi connectivity index (χ4v) is 3.41. The summed E-state index contributed by atoms with van der Waals surface area (Å²) >= 11 is 0. The Kier molecular flexibility index (Phi) is 5.17. The average Bonchev–Trinajstić information content (AvgIpc) is 3.14. The van der Waals surface area contributed by atoms with E-state index in [-0.39, 0.29) is 11.8 Å². The molecule has 2 aromatic rings. The smallest absolute Gasteiger partial charge is 0.276 e. The van der Waals surface area contributed by atoms with Gasteiger partial charge in [-0.2, -0.15) is 5.10 Å². The molecule has 2 amide bonds. The van der Waals surface area contributed by atoms with E-state index in [1.165, 1.54) is 0 Å². The van der Waals surface area contributed by atoms with Crippen LogP contribution in [0.15, 0.2) is 24.3 Å². The number of anilines is 1. The van der Waals surface area contributed by atoms with Gasteiger partial charge in [0.1, 0.15) is 0 Å². The van der Waals surface area contributed by atoms with Gasteiger partial charge < -0.3 is 20.3 Å². The minimum Gasteiger partial charge on any atom is -0.378 e. The number of fused-ring (bicyclic) bond motifs is 1. The number of ether oxygens (including phenoxy) is 1. The summed E-state index contributed by atoms with van der Waals surface area (Å²) in [5, 5.41) is 13.3. The van der Waals surface area contributed by atoms with Crippen LogP contribution in [0.2, 0.25) is 0 Å². The molecular formula is C19H23N5O3. The van der Waals surface area contributed by atoms with E-state index in [0.717, 1.165) is 29.8 Å². The number of carbonyl (C=O) groups is 2. The lowest BCUT2D eigenvalue weighted by molar-refractivity contribution is -0.134. The Balaban J connectivity index is 1.37. The summed E-state index contributed by atoms with van der Waals surface area (Å²) in [6.07, 6.45) is 1.20. The second-order valence-corrected chi connectivity index (χ2v) is 6.78. The van der Waals surface area contributed by atoms with Crippen molar-refractivity contribution in [1.82, 2.24) is 20.4 Å². The molecule has 0 bridgehead atoms. The molecule has 3 heterocycles. The summed E-state index contributed by atoms with van der Waals surface area (Å²) in [4.78, 5) is 26.7. The highest BCUT2D eigenvalue weighted by molar-refractivity contribution is 6.04. The average molecular weight is 369 g/mol. The highest BCUT2D eigenvalue weighted by Crippen LogP contribution is 2.18. The molecule has 27 heavy (non-hydrogen) atoms.